The van der Waals surface area contributed by atoms with Crippen molar-refractivity contribution >= 4 is 52.6 Å². The maximum atomic E-state index is 13.5. The predicted octanol–water partition coefficient (Wildman–Crippen LogP) is 4.99. The monoisotopic (exact) mass is 525 g/mol. The Morgan fingerprint density at radius 2 is 1.74 bits per heavy atom. The van der Waals surface area contributed by atoms with Gasteiger partial charge in [-0.2, -0.15) is 0 Å². The molecule has 4 bridgehead atoms. The Balaban J connectivity index is 1.46. The number of amides is 2. The summed E-state index contributed by atoms with van der Waals surface area (Å²) in [7, 11) is 0. The molecule has 4 aromatic rings. The first-order chi connectivity index (χ1) is 18.4. The molecule has 1 atom stereocenters. The highest BCUT2D eigenvalue weighted by molar-refractivity contribution is 7.80. The molecule has 0 radical (unpaired) electrons. The van der Waals surface area contributed by atoms with Crippen LogP contribution in [0.2, 0.25) is 0 Å². The second kappa shape index (κ2) is 10.9. The molecule has 2 aliphatic heterocycles. The van der Waals surface area contributed by atoms with Gasteiger partial charge in [-0.1, -0.05) is 42.5 Å². The van der Waals surface area contributed by atoms with Crippen molar-refractivity contribution in [1.82, 2.24) is 5.32 Å². The van der Waals surface area contributed by atoms with Crippen molar-refractivity contribution in [3.8, 4) is 0 Å². The summed E-state index contributed by atoms with van der Waals surface area (Å²) >= 11 is 4.51. The lowest BCUT2D eigenvalue weighted by Crippen LogP contribution is -2.33. The normalized spacial score (nSPS) is 15.9. The van der Waals surface area contributed by atoms with Gasteiger partial charge in [0, 0.05) is 34.8 Å². The van der Waals surface area contributed by atoms with E-state index in [4.69, 9.17) is 15.9 Å². The first-order valence-electron chi connectivity index (χ1n) is 12.1. The van der Waals surface area contributed by atoms with Gasteiger partial charge in [-0.3, -0.25) is 15.5 Å². The molecule has 0 aromatic heterocycles. The second-order valence-electron chi connectivity index (χ2n) is 9.08. The largest absolute Gasteiger partial charge is 0.449 e. The van der Waals surface area contributed by atoms with E-state index in [1.165, 1.54) is 0 Å². The zero-order chi connectivity index (χ0) is 26.6. The topological polar surface area (TPSA) is 129 Å². The molecule has 0 saturated carbocycles. The van der Waals surface area contributed by atoms with E-state index in [0.717, 1.165) is 33.2 Å². The number of hydrogen-bond donors (Lipinski definition) is 6. The maximum absolute atomic E-state index is 13.5. The molecule has 0 aliphatic carbocycles. The smallest absolute Gasteiger partial charge is 0.411 e. The summed E-state index contributed by atoms with van der Waals surface area (Å²) < 4.78 is 5.33. The van der Waals surface area contributed by atoms with Crippen molar-refractivity contribution < 1.29 is 14.3 Å². The van der Waals surface area contributed by atoms with Gasteiger partial charge in [-0.15, -0.1) is 12.6 Å². The SMILES string of the molecule is N=C(N)c1ccc2cc(N[C@H]3C(=O)NCc4cc(ccc4S)NC(=O)OCCc4ccc3cc4)ccc2c1. The minimum absolute atomic E-state index is 0.0177. The van der Waals surface area contributed by atoms with E-state index in [0.29, 0.717) is 22.6 Å². The van der Waals surface area contributed by atoms with Crippen LogP contribution in [0, 0.1) is 5.41 Å². The van der Waals surface area contributed by atoms with Crippen molar-refractivity contribution in [3.63, 3.8) is 0 Å². The number of carbonyl (C=O) groups excluding carboxylic acids is 2. The number of hydrogen-bond acceptors (Lipinski definition) is 6. The highest BCUT2D eigenvalue weighted by Crippen LogP contribution is 2.26. The Morgan fingerprint density at radius 1 is 0.974 bits per heavy atom. The summed E-state index contributed by atoms with van der Waals surface area (Å²) in [6, 6.07) is 23.7. The van der Waals surface area contributed by atoms with Crippen LogP contribution >= 0.6 is 12.6 Å². The Kier molecular flexibility index (Phi) is 7.19. The number of benzene rings is 4. The molecule has 2 amide bonds. The Bertz CT molecular complexity index is 1540. The molecule has 0 saturated heterocycles. The van der Waals surface area contributed by atoms with Crippen molar-refractivity contribution in [2.45, 2.75) is 23.9 Å². The zero-order valence-electron chi connectivity index (χ0n) is 20.5. The molecule has 4 aromatic carbocycles. The van der Waals surface area contributed by atoms with Gasteiger partial charge in [0.25, 0.3) is 0 Å². The summed E-state index contributed by atoms with van der Waals surface area (Å²) in [6.07, 6.45) is 0.0129. The predicted molar refractivity (Wildman–Crippen MR) is 152 cm³/mol. The van der Waals surface area contributed by atoms with Crippen LogP contribution in [0.1, 0.15) is 28.3 Å². The number of rotatable bonds is 3. The van der Waals surface area contributed by atoms with Crippen LogP contribution in [-0.2, 0) is 22.5 Å². The molecule has 0 unspecified atom stereocenters. The molecule has 0 spiro atoms. The molecule has 192 valence electrons. The fourth-order valence-corrected chi connectivity index (χ4v) is 4.57. The number of anilines is 2. The zero-order valence-corrected chi connectivity index (χ0v) is 21.3. The number of amidine groups is 1. The Labute approximate surface area is 225 Å². The lowest BCUT2D eigenvalue weighted by atomic mass is 10.0. The molecule has 8 nitrogen and oxygen atoms in total. The third kappa shape index (κ3) is 5.73. The molecule has 38 heavy (non-hydrogen) atoms. The van der Waals surface area contributed by atoms with Crippen LogP contribution in [-0.4, -0.2) is 24.4 Å². The lowest BCUT2D eigenvalue weighted by molar-refractivity contribution is -0.122. The molecule has 9 heteroatoms. The number of nitrogens with one attached hydrogen (secondary N) is 4. The van der Waals surface area contributed by atoms with E-state index in [1.54, 1.807) is 18.2 Å². The third-order valence-electron chi connectivity index (χ3n) is 6.44. The first kappa shape index (κ1) is 25.2. The minimum atomic E-state index is -0.659. The highest BCUT2D eigenvalue weighted by atomic mass is 32.1. The molecular weight excluding hydrogens is 498 g/mol. The Morgan fingerprint density at radius 3 is 2.53 bits per heavy atom. The van der Waals surface area contributed by atoms with E-state index in [9.17, 15) is 9.59 Å². The molecule has 6 rings (SSSR count). The van der Waals surface area contributed by atoms with Gasteiger partial charge >= 0.3 is 6.09 Å². The van der Waals surface area contributed by atoms with Gasteiger partial charge < -0.3 is 21.1 Å². The average molecular weight is 526 g/mol. The van der Waals surface area contributed by atoms with E-state index >= 15 is 0 Å². The lowest BCUT2D eigenvalue weighted by Gasteiger charge is -2.21. The summed E-state index contributed by atoms with van der Waals surface area (Å²) in [5, 5.41) is 18.7. The van der Waals surface area contributed by atoms with E-state index in [1.807, 2.05) is 60.7 Å². The summed E-state index contributed by atoms with van der Waals surface area (Å²) in [6.45, 7) is 0.456. The van der Waals surface area contributed by atoms with Crippen LogP contribution in [0.25, 0.3) is 10.8 Å². The van der Waals surface area contributed by atoms with Crippen molar-refractivity contribution in [3.05, 3.63) is 101 Å². The number of nitrogen functional groups attached to an aromatic ring is 1. The van der Waals surface area contributed by atoms with E-state index in [2.05, 4.69) is 28.6 Å². The quantitative estimate of drug-likeness (QED) is 0.128. The summed E-state index contributed by atoms with van der Waals surface area (Å²) in [5.41, 5.74) is 10.2. The number of carbonyl (C=O) groups is 2. The van der Waals surface area contributed by atoms with Gasteiger partial charge in [0.05, 0.1) is 6.61 Å². The molecule has 0 fully saturated rings. The van der Waals surface area contributed by atoms with Crippen molar-refractivity contribution in [2.75, 3.05) is 17.2 Å². The van der Waals surface area contributed by atoms with Gasteiger partial charge in [-0.25, -0.2) is 4.79 Å². The van der Waals surface area contributed by atoms with Gasteiger partial charge in [0.2, 0.25) is 5.91 Å². The molecule has 6 N–H and O–H groups in total. The van der Waals surface area contributed by atoms with E-state index in [-0.39, 0.29) is 24.9 Å². The van der Waals surface area contributed by atoms with Gasteiger partial charge in [0.15, 0.2) is 0 Å². The number of nitrogens with two attached hydrogens (primary N) is 1. The van der Waals surface area contributed by atoms with Crippen molar-refractivity contribution in [2.24, 2.45) is 5.73 Å². The van der Waals surface area contributed by atoms with Crippen molar-refractivity contribution in [1.29, 1.82) is 5.41 Å². The maximum Gasteiger partial charge on any atom is 0.411 e. The van der Waals surface area contributed by atoms with Gasteiger partial charge in [0.1, 0.15) is 11.9 Å². The van der Waals surface area contributed by atoms with Crippen LogP contribution in [0.4, 0.5) is 16.2 Å². The second-order valence-corrected chi connectivity index (χ2v) is 9.56. The number of thiol groups is 1. The molecule has 2 aliphatic rings. The third-order valence-corrected chi connectivity index (χ3v) is 6.88. The molecular formula is C29H27N5O3S. The van der Waals surface area contributed by atoms with E-state index < -0.39 is 12.1 Å². The Hall–Kier alpha value is -4.50. The fourth-order valence-electron chi connectivity index (χ4n) is 4.35. The van der Waals surface area contributed by atoms with Gasteiger partial charge in [-0.05, 0) is 63.9 Å². The number of fused-ring (bicyclic) bond motifs is 10. The fraction of sp³-hybridized carbons (Fsp3) is 0.138. The molecule has 2 heterocycles. The summed E-state index contributed by atoms with van der Waals surface area (Å²) in [5.74, 6) is -0.188. The standard InChI is InChI=1S/C29H27N5O3S/c30-27(31)21-6-5-20-14-23(8-7-19(20)13-21)33-26-18-3-1-17(2-4-18)11-12-37-29(36)34-24-9-10-25(38)22(15-24)16-32-28(26)35/h1-10,13-15,26,33,38H,11-12,16H2,(H3,30,31)(H,32,35)(H,34,36)/t26-/m1/s1. The minimum Gasteiger partial charge on any atom is -0.449 e. The van der Waals surface area contributed by atoms with Crippen LogP contribution in [0.15, 0.2) is 83.8 Å². The first-order valence-corrected chi connectivity index (χ1v) is 12.6. The highest BCUT2D eigenvalue weighted by Gasteiger charge is 2.21. The van der Waals surface area contributed by atoms with Crippen LogP contribution < -0.4 is 21.7 Å². The average Bonchev–Trinajstić information content (AvgIpc) is 2.91. The van der Waals surface area contributed by atoms with Crippen LogP contribution in [0.5, 0.6) is 0 Å². The van der Waals surface area contributed by atoms with Crippen LogP contribution in [0.3, 0.4) is 0 Å². The summed E-state index contributed by atoms with van der Waals surface area (Å²) in [4.78, 5) is 26.4. The number of ether oxygens (including phenoxy) is 1.